The zero-order valence-electron chi connectivity index (χ0n) is 15.3. The molecule has 3 rings (SSSR count). The van der Waals surface area contributed by atoms with E-state index in [-0.39, 0.29) is 18.2 Å². The lowest BCUT2D eigenvalue weighted by Crippen LogP contribution is -2.35. The standard InChI is InChI=1S/C20H24N2O4S/c1-16-5-2-6-17(13-16)15-26-19-8-3-7-18(14-19)20(23)21-9-11-22-10-4-12-27(22,24)25/h2-3,5-8,13-14H,4,9-12,15H2,1H3,(H,21,23). The molecule has 1 saturated heterocycles. The van der Waals surface area contributed by atoms with Crippen molar-refractivity contribution < 1.29 is 17.9 Å². The number of hydrogen-bond acceptors (Lipinski definition) is 4. The van der Waals surface area contributed by atoms with Crippen molar-refractivity contribution in [2.75, 3.05) is 25.4 Å². The van der Waals surface area contributed by atoms with E-state index in [1.54, 1.807) is 18.2 Å². The van der Waals surface area contributed by atoms with Crippen LogP contribution in [0.25, 0.3) is 0 Å². The highest BCUT2D eigenvalue weighted by Crippen LogP contribution is 2.16. The van der Waals surface area contributed by atoms with Gasteiger partial charge < -0.3 is 10.1 Å². The van der Waals surface area contributed by atoms with Crippen molar-refractivity contribution in [3.05, 3.63) is 65.2 Å². The summed E-state index contributed by atoms with van der Waals surface area (Å²) in [5, 5.41) is 2.77. The van der Waals surface area contributed by atoms with Gasteiger partial charge in [-0.1, -0.05) is 35.9 Å². The maximum absolute atomic E-state index is 12.3. The highest BCUT2D eigenvalue weighted by molar-refractivity contribution is 7.89. The molecule has 1 amide bonds. The summed E-state index contributed by atoms with van der Waals surface area (Å²) in [7, 11) is -3.13. The SMILES string of the molecule is Cc1cccc(COc2cccc(C(=O)NCCN3CCCS3(=O)=O)c2)c1. The van der Waals surface area contributed by atoms with E-state index in [4.69, 9.17) is 4.74 Å². The topological polar surface area (TPSA) is 75.7 Å². The molecule has 6 nitrogen and oxygen atoms in total. The van der Waals surface area contributed by atoms with E-state index in [2.05, 4.69) is 11.4 Å². The number of benzene rings is 2. The average molecular weight is 388 g/mol. The average Bonchev–Trinajstić information content (AvgIpc) is 2.98. The monoisotopic (exact) mass is 388 g/mol. The Labute approximate surface area is 160 Å². The molecule has 0 saturated carbocycles. The lowest BCUT2D eigenvalue weighted by molar-refractivity contribution is 0.0951. The van der Waals surface area contributed by atoms with Crippen LogP contribution >= 0.6 is 0 Å². The van der Waals surface area contributed by atoms with Crippen LogP contribution in [0.3, 0.4) is 0 Å². The summed E-state index contributed by atoms with van der Waals surface area (Å²) < 4.78 is 30.7. The summed E-state index contributed by atoms with van der Waals surface area (Å²) in [6, 6.07) is 15.0. The van der Waals surface area contributed by atoms with Crippen molar-refractivity contribution in [2.24, 2.45) is 0 Å². The zero-order chi connectivity index (χ0) is 19.3. The van der Waals surface area contributed by atoms with Crippen molar-refractivity contribution in [1.29, 1.82) is 0 Å². The molecular formula is C20H24N2O4S. The maximum Gasteiger partial charge on any atom is 0.251 e. The Hall–Kier alpha value is -2.38. The molecule has 0 aliphatic carbocycles. The predicted molar refractivity (Wildman–Crippen MR) is 104 cm³/mol. The normalized spacial score (nSPS) is 16.2. The summed E-state index contributed by atoms with van der Waals surface area (Å²) in [5.41, 5.74) is 2.72. The number of carbonyl (C=O) groups is 1. The van der Waals surface area contributed by atoms with E-state index in [1.165, 1.54) is 9.87 Å². The zero-order valence-corrected chi connectivity index (χ0v) is 16.2. The van der Waals surface area contributed by atoms with Crippen LogP contribution in [0.4, 0.5) is 0 Å². The predicted octanol–water partition coefficient (Wildman–Crippen LogP) is 2.34. The van der Waals surface area contributed by atoms with Crippen molar-refractivity contribution >= 4 is 15.9 Å². The Balaban J connectivity index is 1.52. The Bertz CT molecular complexity index is 912. The van der Waals surface area contributed by atoms with E-state index in [1.807, 2.05) is 31.2 Å². The molecule has 2 aromatic carbocycles. The number of aryl methyl sites for hydroxylation is 1. The molecule has 0 atom stereocenters. The van der Waals surface area contributed by atoms with E-state index >= 15 is 0 Å². The van der Waals surface area contributed by atoms with E-state index < -0.39 is 10.0 Å². The number of nitrogens with zero attached hydrogens (tertiary/aromatic N) is 1. The number of hydrogen-bond donors (Lipinski definition) is 1. The second kappa shape index (κ2) is 8.54. The van der Waals surface area contributed by atoms with Crippen molar-refractivity contribution in [3.8, 4) is 5.75 Å². The number of ether oxygens (including phenoxy) is 1. The minimum atomic E-state index is -3.13. The Morgan fingerprint density at radius 2 is 2.00 bits per heavy atom. The van der Waals surface area contributed by atoms with Gasteiger partial charge in [-0.3, -0.25) is 4.79 Å². The molecule has 1 aliphatic heterocycles. The molecule has 144 valence electrons. The highest BCUT2D eigenvalue weighted by Gasteiger charge is 2.27. The van der Waals surface area contributed by atoms with Gasteiger partial charge in [0.25, 0.3) is 5.91 Å². The Morgan fingerprint density at radius 3 is 2.74 bits per heavy atom. The van der Waals surface area contributed by atoms with Crippen LogP contribution in [0.15, 0.2) is 48.5 Å². The first-order valence-electron chi connectivity index (χ1n) is 8.98. The number of rotatable bonds is 7. The summed E-state index contributed by atoms with van der Waals surface area (Å²) in [6.45, 7) is 3.58. The molecule has 27 heavy (non-hydrogen) atoms. The summed E-state index contributed by atoms with van der Waals surface area (Å²) in [6.07, 6.45) is 0.649. The first-order valence-corrected chi connectivity index (χ1v) is 10.6. The molecule has 0 radical (unpaired) electrons. The van der Waals surface area contributed by atoms with Gasteiger partial charge in [0.15, 0.2) is 0 Å². The van der Waals surface area contributed by atoms with Crippen molar-refractivity contribution in [3.63, 3.8) is 0 Å². The molecular weight excluding hydrogens is 364 g/mol. The summed E-state index contributed by atoms with van der Waals surface area (Å²) in [5.74, 6) is 0.570. The smallest absolute Gasteiger partial charge is 0.251 e. The largest absolute Gasteiger partial charge is 0.489 e. The van der Waals surface area contributed by atoms with Gasteiger partial charge in [0.2, 0.25) is 10.0 Å². The first kappa shape index (κ1) is 19.4. The molecule has 1 N–H and O–H groups in total. The van der Waals surface area contributed by atoms with Gasteiger partial charge >= 0.3 is 0 Å². The Kier molecular flexibility index (Phi) is 6.13. The van der Waals surface area contributed by atoms with Crippen molar-refractivity contribution in [2.45, 2.75) is 20.0 Å². The third kappa shape index (κ3) is 5.30. The molecule has 1 aliphatic rings. The highest BCUT2D eigenvalue weighted by atomic mass is 32.2. The van der Waals surface area contributed by atoms with Gasteiger partial charge in [-0.15, -0.1) is 0 Å². The van der Waals surface area contributed by atoms with Crippen LogP contribution in [-0.2, 0) is 16.6 Å². The Morgan fingerprint density at radius 1 is 1.19 bits per heavy atom. The molecule has 0 aromatic heterocycles. The summed E-state index contributed by atoms with van der Waals surface area (Å²) in [4.78, 5) is 12.3. The molecule has 0 spiro atoms. The van der Waals surface area contributed by atoms with Gasteiger partial charge in [-0.2, -0.15) is 0 Å². The summed E-state index contributed by atoms with van der Waals surface area (Å²) >= 11 is 0. The van der Waals surface area contributed by atoms with Crippen LogP contribution in [0.5, 0.6) is 5.75 Å². The van der Waals surface area contributed by atoms with Crippen molar-refractivity contribution in [1.82, 2.24) is 9.62 Å². The molecule has 1 fully saturated rings. The minimum Gasteiger partial charge on any atom is -0.489 e. The van der Waals surface area contributed by atoms with Crippen LogP contribution < -0.4 is 10.1 Å². The van der Waals surface area contributed by atoms with Crippen LogP contribution in [0.2, 0.25) is 0 Å². The number of carbonyl (C=O) groups excluding carboxylic acids is 1. The molecule has 7 heteroatoms. The van der Waals surface area contributed by atoms with E-state index in [9.17, 15) is 13.2 Å². The van der Waals surface area contributed by atoms with Crippen LogP contribution in [-0.4, -0.2) is 44.0 Å². The number of amides is 1. The van der Waals surface area contributed by atoms with E-state index in [0.29, 0.717) is 37.4 Å². The second-order valence-corrected chi connectivity index (χ2v) is 8.72. The quantitative estimate of drug-likeness (QED) is 0.790. The number of sulfonamides is 1. The van der Waals surface area contributed by atoms with Crippen LogP contribution in [0.1, 0.15) is 27.9 Å². The lowest BCUT2D eigenvalue weighted by atomic mass is 10.1. The van der Waals surface area contributed by atoms with Gasteiger partial charge in [-0.05, 0) is 37.1 Å². The third-order valence-corrected chi connectivity index (χ3v) is 6.39. The van der Waals surface area contributed by atoms with Gasteiger partial charge in [0.05, 0.1) is 5.75 Å². The van der Waals surface area contributed by atoms with Crippen LogP contribution in [0, 0.1) is 6.92 Å². The molecule has 2 aromatic rings. The first-order chi connectivity index (χ1) is 12.9. The second-order valence-electron chi connectivity index (χ2n) is 6.63. The fourth-order valence-electron chi connectivity index (χ4n) is 3.03. The molecule has 1 heterocycles. The fourth-order valence-corrected chi connectivity index (χ4v) is 4.56. The van der Waals surface area contributed by atoms with Gasteiger partial charge in [0, 0.05) is 25.2 Å². The lowest BCUT2D eigenvalue weighted by Gasteiger charge is -2.14. The third-order valence-electron chi connectivity index (χ3n) is 4.43. The van der Waals surface area contributed by atoms with Gasteiger partial charge in [0.1, 0.15) is 12.4 Å². The maximum atomic E-state index is 12.3. The minimum absolute atomic E-state index is 0.196. The number of nitrogens with one attached hydrogen (secondary N) is 1. The molecule has 0 unspecified atom stereocenters. The molecule has 0 bridgehead atoms. The van der Waals surface area contributed by atoms with Gasteiger partial charge in [-0.25, -0.2) is 12.7 Å². The van der Waals surface area contributed by atoms with E-state index in [0.717, 1.165) is 5.56 Å². The fraction of sp³-hybridized carbons (Fsp3) is 0.350.